The van der Waals surface area contributed by atoms with Gasteiger partial charge in [0, 0.05) is 12.5 Å². The lowest BCUT2D eigenvalue weighted by molar-refractivity contribution is -0.00821. The quantitative estimate of drug-likeness (QED) is 0.343. The lowest BCUT2D eigenvalue weighted by Gasteiger charge is -2.38. The summed E-state index contributed by atoms with van der Waals surface area (Å²) >= 11 is 6.21. The first kappa shape index (κ1) is 27.7. The van der Waals surface area contributed by atoms with E-state index in [0.717, 1.165) is 0 Å². The van der Waals surface area contributed by atoms with Gasteiger partial charge in [-0.3, -0.25) is 0 Å². The van der Waals surface area contributed by atoms with Crippen LogP contribution in [-0.4, -0.2) is 65.8 Å². The number of halogens is 1. The second kappa shape index (κ2) is 11.0. The number of imidazole rings is 1. The van der Waals surface area contributed by atoms with Crippen LogP contribution < -0.4 is 0 Å². The van der Waals surface area contributed by atoms with Crippen LogP contribution in [0.2, 0.25) is 27.3 Å². The number of aliphatic hydroxyl groups excluding tert-OH is 1. The van der Waals surface area contributed by atoms with Crippen molar-refractivity contribution in [2.75, 3.05) is 6.61 Å². The second-order valence-electron chi connectivity index (χ2n) is 11.0. The molecule has 2 N–H and O–H groups in total. The summed E-state index contributed by atoms with van der Waals surface area (Å²) < 4.78 is 15.0. The van der Waals surface area contributed by atoms with Crippen molar-refractivity contribution in [3.05, 3.63) is 17.8 Å². The molecule has 0 aromatic carbocycles. The normalized spacial score (nSPS) is 24.1. The number of fused-ring (bicyclic) bond motifs is 1. The monoisotopic (exact) mass is 528 g/mol. The highest BCUT2D eigenvalue weighted by Gasteiger charge is 2.51. The van der Waals surface area contributed by atoms with Gasteiger partial charge in [0.05, 0.1) is 18.5 Å². The van der Waals surface area contributed by atoms with Gasteiger partial charge < -0.3 is 23.3 Å². The second-order valence-corrected chi connectivity index (χ2v) is 19.3. The standard InChI is InChI=1S/C23H41ClN4O4Si2/c1-13(2)33(14(3)4)31-10-17-9-18(28-12-27-19-22(24)25-11-26-23(19)28)20(29)21(17)32-34(30,15(5)6)16(7)8/h11-18,20-21,29-30,33H,9-10H2,1-8H3/t17?,18-,20-,21-/m1/s1. The van der Waals surface area contributed by atoms with Gasteiger partial charge in [0.15, 0.2) is 19.8 Å². The Bertz CT molecular complexity index is 942. The summed E-state index contributed by atoms with van der Waals surface area (Å²) in [6.07, 6.45) is 2.33. The van der Waals surface area contributed by atoms with E-state index in [4.69, 9.17) is 20.5 Å². The van der Waals surface area contributed by atoms with E-state index in [2.05, 4.69) is 42.6 Å². The summed E-state index contributed by atoms with van der Waals surface area (Å²) in [6.45, 7) is 17.4. The summed E-state index contributed by atoms with van der Waals surface area (Å²) in [7, 11) is -4.56. The average Bonchev–Trinajstić information content (AvgIpc) is 3.30. The molecule has 1 aliphatic carbocycles. The Kier molecular flexibility index (Phi) is 8.98. The molecule has 192 valence electrons. The van der Waals surface area contributed by atoms with Crippen molar-refractivity contribution in [2.45, 2.75) is 102 Å². The molecule has 8 nitrogen and oxygen atoms in total. The molecule has 0 spiro atoms. The summed E-state index contributed by atoms with van der Waals surface area (Å²) in [5.41, 5.74) is 2.10. The van der Waals surface area contributed by atoms with Crippen LogP contribution in [0, 0.1) is 5.92 Å². The van der Waals surface area contributed by atoms with Crippen LogP contribution in [0.25, 0.3) is 11.2 Å². The Hall–Kier alpha value is -0.886. The number of rotatable bonds is 10. The van der Waals surface area contributed by atoms with Gasteiger partial charge in [-0.2, -0.15) is 0 Å². The van der Waals surface area contributed by atoms with Crippen molar-refractivity contribution < 1.29 is 18.8 Å². The molecule has 2 heterocycles. The molecule has 2 aromatic rings. The molecule has 2 aromatic heterocycles. The number of hydrogen-bond acceptors (Lipinski definition) is 7. The van der Waals surface area contributed by atoms with Crippen molar-refractivity contribution in [2.24, 2.45) is 5.92 Å². The molecule has 34 heavy (non-hydrogen) atoms. The Labute approximate surface area is 211 Å². The topological polar surface area (TPSA) is 103 Å². The van der Waals surface area contributed by atoms with E-state index in [1.54, 1.807) is 6.33 Å². The molecule has 1 unspecified atom stereocenters. The van der Waals surface area contributed by atoms with Gasteiger partial charge in [-0.1, -0.05) is 67.0 Å². The third-order valence-electron chi connectivity index (χ3n) is 7.21. The maximum absolute atomic E-state index is 11.6. The molecule has 1 fully saturated rings. The zero-order valence-corrected chi connectivity index (χ0v) is 24.6. The number of aliphatic hydroxyl groups is 1. The molecule has 0 bridgehead atoms. The molecule has 3 rings (SSSR count). The van der Waals surface area contributed by atoms with Gasteiger partial charge >= 0.3 is 8.56 Å². The predicted molar refractivity (Wildman–Crippen MR) is 140 cm³/mol. The number of aromatic nitrogens is 4. The fourth-order valence-corrected chi connectivity index (χ4v) is 10.9. The maximum atomic E-state index is 11.6. The van der Waals surface area contributed by atoms with Crippen molar-refractivity contribution in [3.63, 3.8) is 0 Å². The number of hydrogen-bond donors (Lipinski definition) is 2. The third kappa shape index (κ3) is 5.43. The SMILES string of the molecule is CC(C)[SiH](OCC1C[C@@H](n2cnc3c(Cl)ncnc32)[C@@H](O)[C@@H]1O[Si](O)(C(C)C)C(C)C)C(C)C. The van der Waals surface area contributed by atoms with Crippen molar-refractivity contribution in [1.29, 1.82) is 0 Å². The molecule has 1 saturated carbocycles. The van der Waals surface area contributed by atoms with E-state index >= 15 is 0 Å². The zero-order chi connectivity index (χ0) is 25.4. The molecule has 1 aliphatic rings. The Morgan fingerprint density at radius 2 is 1.71 bits per heavy atom. The molecule has 0 saturated heterocycles. The van der Waals surface area contributed by atoms with Gasteiger partial charge in [0.25, 0.3) is 0 Å². The highest BCUT2D eigenvalue weighted by atomic mass is 35.5. The van der Waals surface area contributed by atoms with Gasteiger partial charge in [-0.05, 0) is 28.6 Å². The number of nitrogens with zero attached hydrogens (tertiary/aromatic N) is 4. The van der Waals surface area contributed by atoms with Crippen LogP contribution >= 0.6 is 11.6 Å². The molecule has 0 aliphatic heterocycles. The predicted octanol–water partition coefficient (Wildman–Crippen LogP) is 4.60. The molecule has 11 heteroatoms. The van der Waals surface area contributed by atoms with Crippen LogP contribution in [0.15, 0.2) is 12.7 Å². The van der Waals surface area contributed by atoms with E-state index in [1.165, 1.54) is 6.33 Å². The van der Waals surface area contributed by atoms with Gasteiger partial charge in [0.1, 0.15) is 17.9 Å². The first-order chi connectivity index (χ1) is 15.9. The molecule has 4 atom stereocenters. The van der Waals surface area contributed by atoms with Crippen LogP contribution in [0.5, 0.6) is 0 Å². The minimum atomic E-state index is -3.11. The molecular formula is C23H41ClN4O4Si2. The molecule has 0 amide bonds. The lowest BCUT2D eigenvalue weighted by atomic mass is 10.1. The van der Waals surface area contributed by atoms with Crippen molar-refractivity contribution in [3.8, 4) is 0 Å². The van der Waals surface area contributed by atoms with Crippen molar-refractivity contribution in [1.82, 2.24) is 19.5 Å². The Morgan fingerprint density at radius 1 is 1.09 bits per heavy atom. The minimum Gasteiger partial charge on any atom is -0.419 e. The Morgan fingerprint density at radius 3 is 2.26 bits per heavy atom. The smallest absolute Gasteiger partial charge is 0.341 e. The zero-order valence-electron chi connectivity index (χ0n) is 21.6. The maximum Gasteiger partial charge on any atom is 0.341 e. The van der Waals surface area contributed by atoms with E-state index in [9.17, 15) is 9.90 Å². The average molecular weight is 529 g/mol. The first-order valence-corrected chi connectivity index (χ1v) is 16.6. The van der Waals surface area contributed by atoms with E-state index in [0.29, 0.717) is 35.3 Å². The summed E-state index contributed by atoms with van der Waals surface area (Å²) in [5, 5.41) is 11.8. The Balaban J connectivity index is 1.94. The van der Waals surface area contributed by atoms with Gasteiger partial charge in [-0.15, -0.1) is 0 Å². The third-order valence-corrected chi connectivity index (χ3v) is 14.6. The fraction of sp³-hybridized carbons (Fsp3) is 0.783. The summed E-state index contributed by atoms with van der Waals surface area (Å²) in [6, 6.07) is -0.314. The lowest BCUT2D eigenvalue weighted by Crippen LogP contribution is -2.51. The van der Waals surface area contributed by atoms with Gasteiger partial charge in [0.2, 0.25) is 0 Å². The van der Waals surface area contributed by atoms with Crippen molar-refractivity contribution >= 4 is 40.4 Å². The summed E-state index contributed by atoms with van der Waals surface area (Å²) in [4.78, 5) is 24.3. The fourth-order valence-electron chi connectivity index (χ4n) is 5.30. The highest BCUT2D eigenvalue weighted by Crippen LogP contribution is 2.43. The van der Waals surface area contributed by atoms with Gasteiger partial charge in [-0.25, -0.2) is 15.0 Å². The van der Waals surface area contributed by atoms with E-state index in [1.807, 2.05) is 32.3 Å². The largest absolute Gasteiger partial charge is 0.419 e. The van der Waals surface area contributed by atoms with Crippen LogP contribution in [0.1, 0.15) is 67.9 Å². The van der Waals surface area contributed by atoms with Crippen LogP contribution in [-0.2, 0) is 8.85 Å². The highest BCUT2D eigenvalue weighted by molar-refractivity contribution is 6.68. The van der Waals surface area contributed by atoms with E-state index in [-0.39, 0.29) is 28.2 Å². The summed E-state index contributed by atoms with van der Waals surface area (Å²) in [5.74, 6) is -0.0567. The first-order valence-electron chi connectivity index (χ1n) is 12.4. The minimum absolute atomic E-state index is 0.00519. The van der Waals surface area contributed by atoms with Crippen LogP contribution in [0.4, 0.5) is 0 Å². The molecular weight excluding hydrogens is 488 g/mol. The van der Waals surface area contributed by atoms with Crippen LogP contribution in [0.3, 0.4) is 0 Å². The molecule has 0 radical (unpaired) electrons. The van der Waals surface area contributed by atoms with E-state index < -0.39 is 29.8 Å².